The van der Waals surface area contributed by atoms with Gasteiger partial charge >= 0.3 is 0 Å². The van der Waals surface area contributed by atoms with Gasteiger partial charge in [-0.05, 0) is 20.8 Å². The molecule has 2 heterocycles. The molecule has 0 aliphatic carbocycles. The zero-order valence-corrected chi connectivity index (χ0v) is 11.5. The molecule has 0 spiro atoms. The maximum atomic E-state index is 4.44. The molecule has 1 aromatic heterocycles. The third kappa shape index (κ3) is 2.37. The average Bonchev–Trinajstić information content (AvgIpc) is 2.69. The normalized spacial score (nSPS) is 18.8. The van der Waals surface area contributed by atoms with Crippen LogP contribution in [0.25, 0.3) is 0 Å². The molecule has 6 nitrogen and oxygen atoms in total. The molecule has 0 saturated carbocycles. The number of imidazole rings is 1. The third-order valence-corrected chi connectivity index (χ3v) is 2.62. The smallest absolute Gasteiger partial charge is 0.188 e. The van der Waals surface area contributed by atoms with Crippen molar-refractivity contribution in [2.45, 2.75) is 32.5 Å². The first-order valence-corrected chi connectivity index (χ1v) is 5.95. The maximum Gasteiger partial charge on any atom is 0.188 e. The lowest BCUT2D eigenvalue weighted by Gasteiger charge is -2.25. The number of aliphatic imine (C=N–C) groups is 2. The van der Waals surface area contributed by atoms with Gasteiger partial charge in [0.25, 0.3) is 0 Å². The van der Waals surface area contributed by atoms with Crippen molar-refractivity contribution in [2.24, 2.45) is 9.98 Å². The number of aromatic nitrogens is 2. The first-order valence-electron chi connectivity index (χ1n) is 5.95. The van der Waals surface area contributed by atoms with Gasteiger partial charge in [0, 0.05) is 19.6 Å². The van der Waals surface area contributed by atoms with Gasteiger partial charge in [0.2, 0.25) is 0 Å². The summed E-state index contributed by atoms with van der Waals surface area (Å²) >= 11 is 0. The van der Waals surface area contributed by atoms with E-state index in [1.165, 1.54) is 0 Å². The Balaban J connectivity index is 2.34. The number of hydrogen-bond donors (Lipinski definition) is 1. The number of fused-ring (bicyclic) bond motifs is 1. The quantitative estimate of drug-likeness (QED) is 0.640. The Labute approximate surface area is 107 Å². The van der Waals surface area contributed by atoms with Crippen LogP contribution < -0.4 is 5.32 Å². The predicted molar refractivity (Wildman–Crippen MR) is 74.3 cm³/mol. The van der Waals surface area contributed by atoms with Gasteiger partial charge < -0.3 is 14.8 Å². The van der Waals surface area contributed by atoms with Crippen LogP contribution in [0.2, 0.25) is 0 Å². The lowest BCUT2D eigenvalue weighted by Crippen LogP contribution is -2.24. The van der Waals surface area contributed by atoms with Gasteiger partial charge in [0.05, 0.1) is 19.0 Å². The van der Waals surface area contributed by atoms with Crippen molar-refractivity contribution in [2.75, 3.05) is 19.4 Å². The maximum absolute atomic E-state index is 4.44. The predicted octanol–water partition coefficient (Wildman–Crippen LogP) is 1.68. The van der Waals surface area contributed by atoms with E-state index in [1.807, 2.05) is 25.3 Å². The van der Waals surface area contributed by atoms with Gasteiger partial charge in [0.1, 0.15) is 11.5 Å². The molecule has 2 rings (SSSR count). The summed E-state index contributed by atoms with van der Waals surface area (Å²) in [7, 11) is 3.87. The SMILES string of the molecule is CN(C)C=NC1N=CNc2c1ncn2C(C)(C)C. The molecule has 1 unspecified atom stereocenters. The monoisotopic (exact) mass is 248 g/mol. The molecule has 1 aromatic rings. The Morgan fingerprint density at radius 1 is 1.44 bits per heavy atom. The van der Waals surface area contributed by atoms with Gasteiger partial charge in [-0.15, -0.1) is 0 Å². The molecular weight excluding hydrogens is 228 g/mol. The Kier molecular flexibility index (Phi) is 3.11. The van der Waals surface area contributed by atoms with Crippen LogP contribution in [0.4, 0.5) is 5.82 Å². The fourth-order valence-corrected chi connectivity index (χ4v) is 1.75. The van der Waals surface area contributed by atoms with Crippen molar-refractivity contribution < 1.29 is 0 Å². The summed E-state index contributed by atoms with van der Waals surface area (Å²) in [5.41, 5.74) is 0.847. The fraction of sp³-hybridized carbons (Fsp3) is 0.583. The molecule has 1 N–H and O–H groups in total. The van der Waals surface area contributed by atoms with Crippen molar-refractivity contribution in [3.05, 3.63) is 12.0 Å². The summed E-state index contributed by atoms with van der Waals surface area (Å²) < 4.78 is 2.10. The summed E-state index contributed by atoms with van der Waals surface area (Å²) in [6.45, 7) is 6.42. The molecule has 1 atom stereocenters. The minimum absolute atomic E-state index is 0.0193. The number of nitrogens with zero attached hydrogens (tertiary/aromatic N) is 5. The van der Waals surface area contributed by atoms with Crippen LogP contribution in [0.15, 0.2) is 16.3 Å². The molecule has 0 fully saturated rings. The van der Waals surface area contributed by atoms with E-state index in [0.29, 0.717) is 0 Å². The van der Waals surface area contributed by atoms with E-state index in [-0.39, 0.29) is 11.7 Å². The van der Waals surface area contributed by atoms with E-state index in [1.54, 1.807) is 12.7 Å². The van der Waals surface area contributed by atoms with E-state index in [2.05, 4.69) is 45.6 Å². The molecule has 0 aromatic carbocycles. The second-order valence-electron chi connectivity index (χ2n) is 5.54. The van der Waals surface area contributed by atoms with Crippen molar-refractivity contribution >= 4 is 18.5 Å². The van der Waals surface area contributed by atoms with Crippen LogP contribution in [0, 0.1) is 0 Å². The second kappa shape index (κ2) is 4.44. The minimum atomic E-state index is -0.257. The average molecular weight is 248 g/mol. The van der Waals surface area contributed by atoms with E-state index < -0.39 is 0 Å². The highest BCUT2D eigenvalue weighted by Gasteiger charge is 2.26. The Morgan fingerprint density at radius 2 is 2.17 bits per heavy atom. The van der Waals surface area contributed by atoms with Crippen LogP contribution in [-0.2, 0) is 5.54 Å². The zero-order chi connectivity index (χ0) is 13.3. The third-order valence-electron chi connectivity index (χ3n) is 2.62. The van der Waals surface area contributed by atoms with Gasteiger partial charge in [-0.25, -0.2) is 15.0 Å². The summed E-state index contributed by atoms with van der Waals surface area (Å²) in [5, 5.41) is 3.16. The summed E-state index contributed by atoms with van der Waals surface area (Å²) in [5.74, 6) is 0.971. The summed E-state index contributed by atoms with van der Waals surface area (Å²) in [6.07, 6.45) is 5.02. The van der Waals surface area contributed by atoms with E-state index in [0.717, 1.165) is 11.5 Å². The highest BCUT2D eigenvalue weighted by Crippen LogP contribution is 2.31. The standard InChI is InChI=1S/C12H20N6/c1-12(2,3)18-8-15-9-10(16-7-17(4)5)13-6-14-11(9)18/h6-8,10H,1-5H3,(H,13,14). The van der Waals surface area contributed by atoms with Crippen molar-refractivity contribution in [1.29, 1.82) is 0 Å². The molecule has 0 amide bonds. The molecule has 0 radical (unpaired) electrons. The lowest BCUT2D eigenvalue weighted by atomic mass is 10.1. The lowest BCUT2D eigenvalue weighted by molar-refractivity contribution is 0.401. The molecule has 1 aliphatic rings. The fourth-order valence-electron chi connectivity index (χ4n) is 1.75. The molecule has 0 saturated heterocycles. The van der Waals surface area contributed by atoms with Gasteiger partial charge in [0.15, 0.2) is 6.17 Å². The molecule has 18 heavy (non-hydrogen) atoms. The van der Waals surface area contributed by atoms with Crippen LogP contribution in [0.3, 0.4) is 0 Å². The van der Waals surface area contributed by atoms with Crippen molar-refractivity contribution in [3.8, 4) is 0 Å². The highest BCUT2D eigenvalue weighted by atomic mass is 15.3. The molecule has 98 valence electrons. The second-order valence-corrected chi connectivity index (χ2v) is 5.54. The van der Waals surface area contributed by atoms with Crippen LogP contribution in [0.1, 0.15) is 32.6 Å². The first kappa shape index (κ1) is 12.6. The van der Waals surface area contributed by atoms with E-state index in [4.69, 9.17) is 0 Å². The largest absolute Gasteiger partial charge is 0.369 e. The summed E-state index contributed by atoms with van der Waals surface area (Å²) in [6, 6.07) is 0. The zero-order valence-electron chi connectivity index (χ0n) is 11.5. The number of anilines is 1. The van der Waals surface area contributed by atoms with Gasteiger partial charge in [-0.3, -0.25) is 0 Å². The van der Waals surface area contributed by atoms with Gasteiger partial charge in [-0.2, -0.15) is 0 Å². The molecule has 1 aliphatic heterocycles. The molecular formula is C12H20N6. The Hall–Kier alpha value is -1.85. The van der Waals surface area contributed by atoms with Crippen molar-refractivity contribution in [3.63, 3.8) is 0 Å². The number of nitrogens with one attached hydrogen (secondary N) is 1. The van der Waals surface area contributed by atoms with Gasteiger partial charge in [-0.1, -0.05) is 0 Å². The van der Waals surface area contributed by atoms with Crippen LogP contribution in [-0.4, -0.2) is 41.2 Å². The van der Waals surface area contributed by atoms with E-state index in [9.17, 15) is 0 Å². The minimum Gasteiger partial charge on any atom is -0.369 e. The van der Waals surface area contributed by atoms with Crippen LogP contribution >= 0.6 is 0 Å². The summed E-state index contributed by atoms with van der Waals surface area (Å²) in [4.78, 5) is 15.0. The highest BCUT2D eigenvalue weighted by molar-refractivity contribution is 5.78. The number of hydrogen-bond acceptors (Lipinski definition) is 4. The number of rotatable bonds is 2. The molecule has 0 bridgehead atoms. The Morgan fingerprint density at radius 3 is 2.78 bits per heavy atom. The van der Waals surface area contributed by atoms with Crippen molar-refractivity contribution in [1.82, 2.24) is 14.5 Å². The topological polar surface area (TPSA) is 57.8 Å². The van der Waals surface area contributed by atoms with Crippen LogP contribution in [0.5, 0.6) is 0 Å². The molecule has 6 heteroatoms. The Bertz CT molecular complexity index is 477. The van der Waals surface area contributed by atoms with E-state index >= 15 is 0 Å². The first-order chi connectivity index (χ1) is 8.39.